The van der Waals surface area contributed by atoms with Gasteiger partial charge in [0.05, 0.1) is 6.61 Å². The molecule has 0 fully saturated rings. The zero-order valence-corrected chi connectivity index (χ0v) is 5.68. The summed E-state index contributed by atoms with van der Waals surface area (Å²) in [5, 5.41) is 0. The second kappa shape index (κ2) is 5.06. The smallest absolute Gasteiger partial charge is 0.0614 e. The van der Waals surface area contributed by atoms with Gasteiger partial charge in [-0.1, -0.05) is 6.92 Å². The van der Waals surface area contributed by atoms with Crippen LogP contribution in [0.15, 0.2) is 0 Å². The van der Waals surface area contributed by atoms with E-state index in [2.05, 4.69) is 6.92 Å². The average Bonchev–Trinajstić information content (AvgIpc) is 1.66. The molecule has 0 heterocycles. The second-order valence-corrected chi connectivity index (χ2v) is 2.05. The van der Waals surface area contributed by atoms with Crippen molar-refractivity contribution in [3.63, 3.8) is 0 Å². The van der Waals surface area contributed by atoms with Crippen LogP contribution < -0.4 is 5.73 Å². The molecule has 2 nitrogen and oxygen atoms in total. The minimum absolute atomic E-state index is 0.182. The van der Waals surface area contributed by atoms with Crippen molar-refractivity contribution in [2.75, 3.05) is 13.2 Å². The van der Waals surface area contributed by atoms with E-state index in [1.165, 1.54) is 0 Å². The number of hydrogen-bond donors (Lipinski definition) is 1. The lowest BCUT2D eigenvalue weighted by molar-refractivity contribution is 0.125. The van der Waals surface area contributed by atoms with E-state index < -0.39 is 0 Å². The third kappa shape index (κ3) is 5.92. The molecule has 0 unspecified atom stereocenters. The highest BCUT2D eigenvalue weighted by Crippen LogP contribution is 1.81. The molecule has 0 bridgehead atoms. The van der Waals surface area contributed by atoms with Crippen molar-refractivity contribution in [1.82, 2.24) is 0 Å². The van der Waals surface area contributed by atoms with E-state index in [0.29, 0.717) is 6.61 Å². The van der Waals surface area contributed by atoms with Crippen molar-refractivity contribution in [3.8, 4) is 0 Å². The van der Waals surface area contributed by atoms with Crippen LogP contribution in [0.2, 0.25) is 0 Å². The van der Waals surface area contributed by atoms with E-state index in [0.717, 1.165) is 13.0 Å². The fraction of sp³-hybridized carbons (Fsp3) is 1.00. The zero-order chi connectivity index (χ0) is 6.41. The van der Waals surface area contributed by atoms with Gasteiger partial charge in [-0.25, -0.2) is 0 Å². The number of rotatable bonds is 4. The maximum Gasteiger partial charge on any atom is 0.0614 e. The summed E-state index contributed by atoms with van der Waals surface area (Å²) in [4.78, 5) is 0. The molecule has 0 saturated carbocycles. The summed E-state index contributed by atoms with van der Waals surface area (Å²) in [6.45, 7) is 5.55. The van der Waals surface area contributed by atoms with Gasteiger partial charge in [-0.2, -0.15) is 0 Å². The van der Waals surface area contributed by atoms with Crippen molar-refractivity contribution in [2.24, 2.45) is 5.73 Å². The van der Waals surface area contributed by atoms with E-state index in [1.807, 2.05) is 6.92 Å². The highest BCUT2D eigenvalue weighted by atomic mass is 16.5. The van der Waals surface area contributed by atoms with Gasteiger partial charge in [0, 0.05) is 12.6 Å². The van der Waals surface area contributed by atoms with Gasteiger partial charge in [-0.05, 0) is 13.3 Å². The van der Waals surface area contributed by atoms with Crippen molar-refractivity contribution < 1.29 is 4.74 Å². The predicted molar refractivity (Wildman–Crippen MR) is 34.8 cm³/mol. The highest BCUT2D eigenvalue weighted by Gasteiger charge is 1.90. The Morgan fingerprint density at radius 2 is 2.25 bits per heavy atom. The number of hydrogen-bond acceptors (Lipinski definition) is 2. The number of nitrogens with two attached hydrogens (primary N) is 1. The third-order valence-corrected chi connectivity index (χ3v) is 0.729. The van der Waals surface area contributed by atoms with Crippen LogP contribution in [0.1, 0.15) is 20.3 Å². The van der Waals surface area contributed by atoms with E-state index >= 15 is 0 Å². The molecule has 0 rings (SSSR count). The Morgan fingerprint density at radius 1 is 1.62 bits per heavy atom. The SMILES string of the molecule is CCCOC[C@H](C)N. The Bertz CT molecular complexity index is 45.8. The summed E-state index contributed by atoms with van der Waals surface area (Å²) in [7, 11) is 0. The summed E-state index contributed by atoms with van der Waals surface area (Å²) in [6, 6.07) is 0.182. The molecule has 0 spiro atoms. The molecular weight excluding hydrogens is 102 g/mol. The maximum absolute atomic E-state index is 5.41. The third-order valence-electron chi connectivity index (χ3n) is 0.729. The van der Waals surface area contributed by atoms with Crippen molar-refractivity contribution in [2.45, 2.75) is 26.3 Å². The first-order chi connectivity index (χ1) is 3.77. The summed E-state index contributed by atoms with van der Waals surface area (Å²) < 4.78 is 5.12. The molecule has 0 aromatic carbocycles. The van der Waals surface area contributed by atoms with Crippen molar-refractivity contribution in [3.05, 3.63) is 0 Å². The molecule has 2 N–H and O–H groups in total. The van der Waals surface area contributed by atoms with E-state index in [1.54, 1.807) is 0 Å². The Morgan fingerprint density at radius 3 is 2.62 bits per heavy atom. The van der Waals surface area contributed by atoms with Crippen LogP contribution in [0, 0.1) is 0 Å². The Kier molecular flexibility index (Phi) is 5.01. The number of ether oxygens (including phenoxy) is 1. The standard InChI is InChI=1S/C6H15NO/c1-3-4-8-5-6(2)7/h6H,3-5,7H2,1-2H3/t6-/m0/s1. The summed E-state index contributed by atoms with van der Waals surface area (Å²) >= 11 is 0. The van der Waals surface area contributed by atoms with Crippen LogP contribution >= 0.6 is 0 Å². The second-order valence-electron chi connectivity index (χ2n) is 2.05. The minimum atomic E-state index is 0.182. The molecule has 2 heteroatoms. The summed E-state index contributed by atoms with van der Waals surface area (Å²) in [5.74, 6) is 0. The summed E-state index contributed by atoms with van der Waals surface area (Å²) in [6.07, 6.45) is 1.08. The Labute approximate surface area is 51.0 Å². The molecule has 0 aromatic rings. The van der Waals surface area contributed by atoms with E-state index in [9.17, 15) is 0 Å². The first kappa shape index (κ1) is 7.92. The molecule has 0 aromatic heterocycles. The monoisotopic (exact) mass is 117 g/mol. The molecule has 0 aliphatic heterocycles. The van der Waals surface area contributed by atoms with Crippen LogP contribution in [0.4, 0.5) is 0 Å². The molecule has 0 aliphatic rings. The quantitative estimate of drug-likeness (QED) is 0.552. The van der Waals surface area contributed by atoms with Gasteiger partial charge < -0.3 is 10.5 Å². The van der Waals surface area contributed by atoms with Crippen molar-refractivity contribution >= 4 is 0 Å². The van der Waals surface area contributed by atoms with Crippen LogP contribution in [0.3, 0.4) is 0 Å². The van der Waals surface area contributed by atoms with Gasteiger partial charge in [-0.15, -0.1) is 0 Å². The lowest BCUT2D eigenvalue weighted by Crippen LogP contribution is -2.21. The molecular formula is C6H15NO. The molecule has 0 saturated heterocycles. The minimum Gasteiger partial charge on any atom is -0.380 e. The van der Waals surface area contributed by atoms with Gasteiger partial charge in [0.1, 0.15) is 0 Å². The van der Waals surface area contributed by atoms with Gasteiger partial charge in [-0.3, -0.25) is 0 Å². The predicted octanol–water partition coefficient (Wildman–Crippen LogP) is 0.760. The van der Waals surface area contributed by atoms with E-state index in [-0.39, 0.29) is 6.04 Å². The summed E-state index contributed by atoms with van der Waals surface area (Å²) in [5.41, 5.74) is 5.41. The van der Waals surface area contributed by atoms with E-state index in [4.69, 9.17) is 10.5 Å². The maximum atomic E-state index is 5.41. The zero-order valence-electron chi connectivity index (χ0n) is 5.68. The molecule has 50 valence electrons. The molecule has 8 heavy (non-hydrogen) atoms. The van der Waals surface area contributed by atoms with Crippen LogP contribution in [-0.4, -0.2) is 19.3 Å². The van der Waals surface area contributed by atoms with Gasteiger partial charge in [0.15, 0.2) is 0 Å². The van der Waals surface area contributed by atoms with Crippen LogP contribution in [-0.2, 0) is 4.74 Å². The molecule has 0 radical (unpaired) electrons. The molecule has 0 amide bonds. The van der Waals surface area contributed by atoms with Crippen LogP contribution in [0.25, 0.3) is 0 Å². The van der Waals surface area contributed by atoms with Gasteiger partial charge in [0.25, 0.3) is 0 Å². The topological polar surface area (TPSA) is 35.2 Å². The largest absolute Gasteiger partial charge is 0.380 e. The lowest BCUT2D eigenvalue weighted by Gasteiger charge is -2.03. The average molecular weight is 117 g/mol. The first-order valence-corrected chi connectivity index (χ1v) is 3.10. The first-order valence-electron chi connectivity index (χ1n) is 3.10. The van der Waals surface area contributed by atoms with Gasteiger partial charge in [0.2, 0.25) is 0 Å². The Balaban J connectivity index is 2.72. The van der Waals surface area contributed by atoms with Crippen LogP contribution in [0.5, 0.6) is 0 Å². The normalized spacial score (nSPS) is 13.9. The fourth-order valence-corrected chi connectivity index (χ4v) is 0.414. The highest BCUT2D eigenvalue weighted by molar-refractivity contribution is 4.47. The molecule has 1 atom stereocenters. The lowest BCUT2D eigenvalue weighted by atomic mass is 10.4. The Hall–Kier alpha value is -0.0800. The van der Waals surface area contributed by atoms with Crippen molar-refractivity contribution in [1.29, 1.82) is 0 Å². The van der Waals surface area contributed by atoms with Gasteiger partial charge >= 0.3 is 0 Å². The molecule has 0 aliphatic carbocycles. The fourth-order valence-electron chi connectivity index (χ4n) is 0.414.